The number of carbonyl (C=O) groups excluding carboxylic acids is 2. The second-order valence-corrected chi connectivity index (χ2v) is 5.02. The number of nitrogens with zero attached hydrogens (tertiary/aromatic N) is 1. The fourth-order valence-corrected chi connectivity index (χ4v) is 2.17. The summed E-state index contributed by atoms with van der Waals surface area (Å²) in [7, 11) is 0. The third-order valence-corrected chi connectivity index (χ3v) is 3.35. The van der Waals surface area contributed by atoms with Crippen LogP contribution >= 0.6 is 0 Å². The van der Waals surface area contributed by atoms with Gasteiger partial charge in [0.25, 0.3) is 5.91 Å². The van der Waals surface area contributed by atoms with Gasteiger partial charge in [-0.25, -0.2) is 0 Å². The monoisotopic (exact) mass is 297 g/mol. The van der Waals surface area contributed by atoms with E-state index in [1.807, 2.05) is 30.3 Å². The van der Waals surface area contributed by atoms with Crippen LogP contribution in [0.25, 0.3) is 0 Å². The number of aryl methyl sites for hydroxylation is 1. The lowest BCUT2D eigenvalue weighted by Gasteiger charge is -2.15. The molecule has 0 fully saturated rings. The van der Waals surface area contributed by atoms with Crippen LogP contribution in [0, 0.1) is 0 Å². The number of hydrogen-bond acceptors (Lipinski definition) is 3. The number of rotatable bonds is 7. The predicted molar refractivity (Wildman–Crippen MR) is 84.1 cm³/mol. The maximum absolute atomic E-state index is 12.0. The predicted octanol–water partition coefficient (Wildman–Crippen LogP) is 1.69. The molecule has 5 heteroatoms. The SMILES string of the molecule is NC(=O)[C@H](CCCc1ccccc1)NC(=O)c1ccccn1. The molecule has 22 heavy (non-hydrogen) atoms. The molecule has 1 aromatic heterocycles. The molecule has 0 unspecified atom stereocenters. The summed E-state index contributed by atoms with van der Waals surface area (Å²) in [5, 5.41) is 2.64. The van der Waals surface area contributed by atoms with Gasteiger partial charge in [-0.2, -0.15) is 0 Å². The van der Waals surface area contributed by atoms with Gasteiger partial charge in [0.15, 0.2) is 0 Å². The van der Waals surface area contributed by atoms with E-state index in [1.54, 1.807) is 18.2 Å². The second kappa shape index (κ2) is 7.93. The maximum atomic E-state index is 12.0. The Bertz CT molecular complexity index is 614. The molecule has 114 valence electrons. The van der Waals surface area contributed by atoms with E-state index in [2.05, 4.69) is 10.3 Å². The molecule has 0 bridgehead atoms. The van der Waals surface area contributed by atoms with Crippen LogP contribution in [0.3, 0.4) is 0 Å². The van der Waals surface area contributed by atoms with Gasteiger partial charge in [-0.05, 0) is 37.0 Å². The fourth-order valence-electron chi connectivity index (χ4n) is 2.17. The Kier molecular flexibility index (Phi) is 5.65. The largest absolute Gasteiger partial charge is 0.368 e. The molecular weight excluding hydrogens is 278 g/mol. The Morgan fingerprint density at radius 3 is 2.45 bits per heavy atom. The summed E-state index contributed by atoms with van der Waals surface area (Å²) in [6.45, 7) is 0. The fraction of sp³-hybridized carbons (Fsp3) is 0.235. The average molecular weight is 297 g/mol. The molecule has 2 amide bonds. The summed E-state index contributed by atoms with van der Waals surface area (Å²) < 4.78 is 0. The molecule has 2 aromatic rings. The van der Waals surface area contributed by atoms with Crippen LogP contribution in [0.1, 0.15) is 28.9 Å². The van der Waals surface area contributed by atoms with Crippen molar-refractivity contribution in [3.05, 3.63) is 66.0 Å². The van der Waals surface area contributed by atoms with Crippen molar-refractivity contribution in [1.82, 2.24) is 10.3 Å². The highest BCUT2D eigenvalue weighted by Gasteiger charge is 2.19. The summed E-state index contributed by atoms with van der Waals surface area (Å²) in [5.41, 5.74) is 6.84. The highest BCUT2D eigenvalue weighted by atomic mass is 16.2. The second-order valence-electron chi connectivity index (χ2n) is 5.02. The van der Waals surface area contributed by atoms with Gasteiger partial charge < -0.3 is 11.1 Å². The molecule has 0 saturated heterocycles. The zero-order chi connectivity index (χ0) is 15.8. The van der Waals surface area contributed by atoms with Gasteiger partial charge in [0.1, 0.15) is 11.7 Å². The quantitative estimate of drug-likeness (QED) is 0.815. The molecule has 0 aliphatic rings. The van der Waals surface area contributed by atoms with Crippen LogP contribution < -0.4 is 11.1 Å². The zero-order valence-electron chi connectivity index (χ0n) is 12.2. The van der Waals surface area contributed by atoms with Gasteiger partial charge in [-0.1, -0.05) is 36.4 Å². The number of pyridine rings is 1. The van der Waals surface area contributed by atoms with Gasteiger partial charge in [0.2, 0.25) is 5.91 Å². The number of primary amides is 1. The van der Waals surface area contributed by atoms with Crippen molar-refractivity contribution in [1.29, 1.82) is 0 Å². The van der Waals surface area contributed by atoms with Crippen LogP contribution in [0.4, 0.5) is 0 Å². The lowest BCUT2D eigenvalue weighted by atomic mass is 10.0. The molecule has 3 N–H and O–H groups in total. The van der Waals surface area contributed by atoms with Crippen LogP contribution in [-0.2, 0) is 11.2 Å². The first-order chi connectivity index (χ1) is 10.7. The van der Waals surface area contributed by atoms with E-state index in [-0.39, 0.29) is 11.6 Å². The molecule has 5 nitrogen and oxygen atoms in total. The van der Waals surface area contributed by atoms with Crippen molar-refractivity contribution in [3.8, 4) is 0 Å². The summed E-state index contributed by atoms with van der Waals surface area (Å²) in [6, 6.07) is 14.3. The van der Waals surface area contributed by atoms with Crippen LogP contribution in [0.5, 0.6) is 0 Å². The number of aromatic nitrogens is 1. The van der Waals surface area contributed by atoms with Gasteiger partial charge in [-0.15, -0.1) is 0 Å². The average Bonchev–Trinajstić information content (AvgIpc) is 2.55. The number of benzene rings is 1. The van der Waals surface area contributed by atoms with Gasteiger partial charge in [-0.3, -0.25) is 14.6 Å². The van der Waals surface area contributed by atoms with E-state index < -0.39 is 11.9 Å². The minimum Gasteiger partial charge on any atom is -0.368 e. The summed E-state index contributed by atoms with van der Waals surface area (Å²) >= 11 is 0. The number of nitrogens with one attached hydrogen (secondary N) is 1. The van der Waals surface area contributed by atoms with E-state index >= 15 is 0 Å². The number of nitrogens with two attached hydrogens (primary N) is 1. The van der Waals surface area contributed by atoms with Crippen molar-refractivity contribution in [2.75, 3.05) is 0 Å². The summed E-state index contributed by atoms with van der Waals surface area (Å²) in [6.07, 6.45) is 3.64. The molecule has 0 spiro atoms. The molecule has 1 heterocycles. The lowest BCUT2D eigenvalue weighted by Crippen LogP contribution is -2.44. The Morgan fingerprint density at radius 2 is 1.82 bits per heavy atom. The van der Waals surface area contributed by atoms with Gasteiger partial charge in [0, 0.05) is 6.20 Å². The summed E-state index contributed by atoms with van der Waals surface area (Å²) in [4.78, 5) is 27.5. The molecule has 0 saturated carbocycles. The third-order valence-electron chi connectivity index (χ3n) is 3.35. The smallest absolute Gasteiger partial charge is 0.270 e. The van der Waals surface area contributed by atoms with E-state index in [0.717, 1.165) is 12.8 Å². The topological polar surface area (TPSA) is 85.1 Å². The number of hydrogen-bond donors (Lipinski definition) is 2. The molecule has 1 aromatic carbocycles. The first kappa shape index (κ1) is 15.7. The molecule has 2 rings (SSSR count). The minimum absolute atomic E-state index is 0.275. The van der Waals surface area contributed by atoms with Crippen molar-refractivity contribution in [2.45, 2.75) is 25.3 Å². The molecule has 0 radical (unpaired) electrons. The Hall–Kier alpha value is -2.69. The van der Waals surface area contributed by atoms with Crippen molar-refractivity contribution in [2.24, 2.45) is 5.73 Å². The van der Waals surface area contributed by atoms with Crippen molar-refractivity contribution in [3.63, 3.8) is 0 Å². The van der Waals surface area contributed by atoms with E-state index in [0.29, 0.717) is 6.42 Å². The first-order valence-electron chi connectivity index (χ1n) is 7.22. The summed E-state index contributed by atoms with van der Waals surface area (Å²) in [5.74, 6) is -0.915. The standard InChI is InChI=1S/C17H19N3O2/c18-16(21)14(11-6-9-13-7-2-1-3-8-13)20-17(22)15-10-4-5-12-19-15/h1-5,7-8,10,12,14H,6,9,11H2,(H2,18,21)(H,20,22)/t14-/m0/s1. The Morgan fingerprint density at radius 1 is 1.09 bits per heavy atom. The number of amides is 2. The maximum Gasteiger partial charge on any atom is 0.270 e. The Labute approximate surface area is 129 Å². The highest BCUT2D eigenvalue weighted by molar-refractivity contribution is 5.95. The Balaban J connectivity index is 1.87. The first-order valence-corrected chi connectivity index (χ1v) is 7.22. The van der Waals surface area contributed by atoms with E-state index in [4.69, 9.17) is 5.73 Å². The van der Waals surface area contributed by atoms with Crippen LogP contribution in [0.2, 0.25) is 0 Å². The number of carbonyl (C=O) groups is 2. The highest BCUT2D eigenvalue weighted by Crippen LogP contribution is 2.07. The van der Waals surface area contributed by atoms with Crippen LogP contribution in [-0.4, -0.2) is 22.8 Å². The van der Waals surface area contributed by atoms with Gasteiger partial charge >= 0.3 is 0 Å². The van der Waals surface area contributed by atoms with Crippen molar-refractivity contribution < 1.29 is 9.59 Å². The molecular formula is C17H19N3O2. The molecule has 0 aliphatic heterocycles. The zero-order valence-corrected chi connectivity index (χ0v) is 12.2. The van der Waals surface area contributed by atoms with Crippen LogP contribution in [0.15, 0.2) is 54.7 Å². The van der Waals surface area contributed by atoms with E-state index in [1.165, 1.54) is 11.8 Å². The van der Waals surface area contributed by atoms with E-state index in [9.17, 15) is 9.59 Å². The molecule has 1 atom stereocenters. The minimum atomic E-state index is -0.682. The molecule has 0 aliphatic carbocycles. The van der Waals surface area contributed by atoms with Gasteiger partial charge in [0.05, 0.1) is 0 Å². The normalized spacial score (nSPS) is 11.6. The third kappa shape index (κ3) is 4.70. The lowest BCUT2D eigenvalue weighted by molar-refractivity contribution is -0.120. The van der Waals surface area contributed by atoms with Crippen molar-refractivity contribution >= 4 is 11.8 Å².